The minimum Gasteiger partial charge on any atom is -0.384 e. The molecule has 3 rings (SSSR count). The van der Waals surface area contributed by atoms with Crippen LogP contribution in [0.4, 0.5) is 10.9 Å². The normalized spacial score (nSPS) is 15.5. The highest BCUT2D eigenvalue weighted by Crippen LogP contribution is 2.19. The van der Waals surface area contributed by atoms with Crippen molar-refractivity contribution in [3.8, 4) is 0 Å². The minimum absolute atomic E-state index is 0.0838. The topological polar surface area (TPSA) is 96.6 Å². The summed E-state index contributed by atoms with van der Waals surface area (Å²) < 4.78 is 14.4. The van der Waals surface area contributed by atoms with Gasteiger partial charge in [0.25, 0.3) is 0 Å². The monoisotopic (exact) mass is 366 g/mol. The van der Waals surface area contributed by atoms with Gasteiger partial charge in [-0.15, -0.1) is 0 Å². The highest BCUT2D eigenvalue weighted by molar-refractivity contribution is 7.09. The second-order valence-electron chi connectivity index (χ2n) is 5.87. The number of hydrogen-bond acceptors (Lipinski definition) is 9. The number of nitrogens with zero attached hydrogens (tertiary/aromatic N) is 5. The SMILES string of the molecule is COCCc1nsc(N2CCN(CC(=O)Nc3cc(C)on3)CC2)n1. The molecule has 0 spiro atoms. The zero-order valence-electron chi connectivity index (χ0n) is 14.4. The van der Waals surface area contributed by atoms with Gasteiger partial charge in [0.1, 0.15) is 11.6 Å². The third kappa shape index (κ3) is 4.97. The second-order valence-corrected chi connectivity index (χ2v) is 6.60. The highest BCUT2D eigenvalue weighted by Gasteiger charge is 2.21. The van der Waals surface area contributed by atoms with Crippen molar-refractivity contribution in [3.05, 3.63) is 17.7 Å². The number of carbonyl (C=O) groups excluding carboxylic acids is 1. The molecule has 2 aromatic rings. The highest BCUT2D eigenvalue weighted by atomic mass is 32.1. The summed E-state index contributed by atoms with van der Waals surface area (Å²) in [6, 6.07) is 1.70. The molecule has 3 heterocycles. The van der Waals surface area contributed by atoms with E-state index in [0.29, 0.717) is 24.7 Å². The molecule has 1 saturated heterocycles. The number of methoxy groups -OCH3 is 1. The standard InChI is InChI=1S/C15H22N6O3S/c1-11-9-13(18-24-11)16-14(22)10-20-4-6-21(7-5-20)15-17-12(19-25-15)3-8-23-2/h9H,3-8,10H2,1-2H3,(H,16,18,22). The van der Waals surface area contributed by atoms with Crippen molar-refractivity contribution in [2.75, 3.05) is 56.7 Å². The van der Waals surface area contributed by atoms with E-state index in [1.54, 1.807) is 20.1 Å². The molecule has 1 aliphatic rings. The Morgan fingerprint density at radius 2 is 2.20 bits per heavy atom. The molecule has 1 aliphatic heterocycles. The fraction of sp³-hybridized carbons (Fsp3) is 0.600. The van der Waals surface area contributed by atoms with Crippen molar-refractivity contribution in [3.63, 3.8) is 0 Å². The van der Waals surface area contributed by atoms with Crippen molar-refractivity contribution in [2.24, 2.45) is 0 Å². The third-order valence-electron chi connectivity index (χ3n) is 3.89. The van der Waals surface area contributed by atoms with Crippen LogP contribution >= 0.6 is 11.5 Å². The first kappa shape index (κ1) is 17.8. The Labute approximate surface area is 150 Å². The zero-order valence-corrected chi connectivity index (χ0v) is 15.2. The number of aryl methyl sites for hydroxylation is 1. The van der Waals surface area contributed by atoms with E-state index in [9.17, 15) is 4.79 Å². The summed E-state index contributed by atoms with van der Waals surface area (Å²) in [4.78, 5) is 20.9. The lowest BCUT2D eigenvalue weighted by Gasteiger charge is -2.33. The van der Waals surface area contributed by atoms with Gasteiger partial charge in [-0.25, -0.2) is 4.98 Å². The molecule has 0 saturated carbocycles. The Bertz CT molecular complexity index is 695. The first-order valence-corrected chi connectivity index (χ1v) is 8.93. The van der Waals surface area contributed by atoms with Crippen molar-refractivity contribution < 1.29 is 14.1 Å². The maximum atomic E-state index is 12.1. The minimum atomic E-state index is -0.0838. The molecular weight excluding hydrogens is 344 g/mol. The molecule has 25 heavy (non-hydrogen) atoms. The predicted octanol–water partition coefficient (Wildman–Crippen LogP) is 0.784. The largest absolute Gasteiger partial charge is 0.384 e. The van der Waals surface area contributed by atoms with Gasteiger partial charge in [0, 0.05) is 57.3 Å². The molecule has 1 N–H and O–H groups in total. The molecule has 1 amide bonds. The summed E-state index contributed by atoms with van der Waals surface area (Å²) in [6.07, 6.45) is 0.731. The molecule has 0 atom stereocenters. The van der Waals surface area contributed by atoms with Crippen LogP contribution in [-0.4, -0.2) is 71.8 Å². The Morgan fingerprint density at radius 1 is 1.40 bits per heavy atom. The van der Waals surface area contributed by atoms with Gasteiger partial charge >= 0.3 is 0 Å². The number of anilines is 2. The van der Waals surface area contributed by atoms with Crippen LogP contribution in [0.25, 0.3) is 0 Å². The Morgan fingerprint density at radius 3 is 2.88 bits per heavy atom. The van der Waals surface area contributed by atoms with E-state index in [4.69, 9.17) is 9.26 Å². The number of carbonyl (C=O) groups is 1. The van der Waals surface area contributed by atoms with Gasteiger partial charge in [-0.1, -0.05) is 5.16 Å². The number of rotatable bonds is 7. The van der Waals surface area contributed by atoms with Crippen molar-refractivity contribution in [1.29, 1.82) is 0 Å². The number of amides is 1. The van der Waals surface area contributed by atoms with E-state index in [2.05, 4.69) is 29.6 Å². The van der Waals surface area contributed by atoms with E-state index in [0.717, 1.165) is 43.6 Å². The van der Waals surface area contributed by atoms with Crippen LogP contribution in [0.5, 0.6) is 0 Å². The smallest absolute Gasteiger partial charge is 0.239 e. The lowest BCUT2D eigenvalue weighted by Crippen LogP contribution is -2.48. The van der Waals surface area contributed by atoms with Crippen LogP contribution in [0.1, 0.15) is 11.6 Å². The van der Waals surface area contributed by atoms with Gasteiger partial charge in [-0.2, -0.15) is 4.37 Å². The molecule has 9 nitrogen and oxygen atoms in total. The molecule has 0 aromatic carbocycles. The number of piperazine rings is 1. The van der Waals surface area contributed by atoms with Gasteiger partial charge in [0.05, 0.1) is 13.2 Å². The number of hydrogen-bond donors (Lipinski definition) is 1. The number of ether oxygens (including phenoxy) is 1. The predicted molar refractivity (Wildman–Crippen MR) is 94.0 cm³/mol. The Hall–Kier alpha value is -2.04. The molecule has 0 unspecified atom stereocenters. The van der Waals surface area contributed by atoms with E-state index in [1.165, 1.54) is 11.5 Å². The number of aromatic nitrogens is 3. The van der Waals surface area contributed by atoms with Crippen LogP contribution in [-0.2, 0) is 16.0 Å². The second kappa shape index (κ2) is 8.37. The number of nitrogens with one attached hydrogen (secondary N) is 1. The Kier molecular flexibility index (Phi) is 5.95. The molecule has 0 radical (unpaired) electrons. The van der Waals surface area contributed by atoms with E-state index < -0.39 is 0 Å². The van der Waals surface area contributed by atoms with Gasteiger partial charge in [-0.3, -0.25) is 9.69 Å². The first-order chi connectivity index (χ1) is 12.1. The molecule has 0 bridgehead atoms. The lowest BCUT2D eigenvalue weighted by atomic mass is 10.3. The summed E-state index contributed by atoms with van der Waals surface area (Å²) in [5, 5.41) is 7.45. The van der Waals surface area contributed by atoms with Crippen LogP contribution in [0.2, 0.25) is 0 Å². The van der Waals surface area contributed by atoms with Crippen molar-refractivity contribution in [1.82, 2.24) is 19.4 Å². The van der Waals surface area contributed by atoms with Crippen LogP contribution in [0.15, 0.2) is 10.6 Å². The van der Waals surface area contributed by atoms with Gasteiger partial charge < -0.3 is 19.5 Å². The molecular formula is C15H22N6O3S. The van der Waals surface area contributed by atoms with E-state index >= 15 is 0 Å². The average molecular weight is 366 g/mol. The van der Waals surface area contributed by atoms with Crippen LogP contribution in [0.3, 0.4) is 0 Å². The van der Waals surface area contributed by atoms with Crippen LogP contribution in [0, 0.1) is 6.92 Å². The fourth-order valence-corrected chi connectivity index (χ4v) is 3.34. The van der Waals surface area contributed by atoms with Crippen LogP contribution < -0.4 is 10.2 Å². The third-order valence-corrected chi connectivity index (χ3v) is 4.71. The van der Waals surface area contributed by atoms with Crippen molar-refractivity contribution in [2.45, 2.75) is 13.3 Å². The average Bonchev–Trinajstić information content (AvgIpc) is 3.23. The summed E-state index contributed by atoms with van der Waals surface area (Å²) in [5.74, 6) is 1.87. The molecule has 136 valence electrons. The van der Waals surface area contributed by atoms with E-state index in [-0.39, 0.29) is 5.91 Å². The molecule has 1 fully saturated rings. The molecule has 2 aromatic heterocycles. The first-order valence-electron chi connectivity index (χ1n) is 8.16. The maximum absolute atomic E-state index is 12.1. The summed E-state index contributed by atoms with van der Waals surface area (Å²) in [7, 11) is 1.67. The quantitative estimate of drug-likeness (QED) is 0.768. The summed E-state index contributed by atoms with van der Waals surface area (Å²) in [5.41, 5.74) is 0. The lowest BCUT2D eigenvalue weighted by molar-refractivity contribution is -0.117. The zero-order chi connectivity index (χ0) is 17.6. The fourth-order valence-electron chi connectivity index (χ4n) is 2.58. The Balaban J connectivity index is 1.43. The summed E-state index contributed by atoms with van der Waals surface area (Å²) >= 11 is 1.42. The van der Waals surface area contributed by atoms with Gasteiger partial charge in [0.2, 0.25) is 11.0 Å². The summed E-state index contributed by atoms with van der Waals surface area (Å²) in [6.45, 7) is 6.02. The molecule has 10 heteroatoms. The van der Waals surface area contributed by atoms with E-state index in [1.807, 2.05) is 0 Å². The van der Waals surface area contributed by atoms with Crippen molar-refractivity contribution >= 4 is 28.4 Å². The maximum Gasteiger partial charge on any atom is 0.239 e. The van der Waals surface area contributed by atoms with Gasteiger partial charge in [-0.05, 0) is 6.92 Å². The van der Waals surface area contributed by atoms with Gasteiger partial charge in [0.15, 0.2) is 5.82 Å². The molecule has 0 aliphatic carbocycles.